The summed E-state index contributed by atoms with van der Waals surface area (Å²) in [5.74, 6) is 0.00913. The number of benzene rings is 1. The maximum atomic E-state index is 14.4. The molecule has 1 atom stereocenters. The first-order valence-corrected chi connectivity index (χ1v) is 11.9. The minimum atomic E-state index is -0.586. The van der Waals surface area contributed by atoms with Crippen molar-refractivity contribution >= 4 is 23.2 Å². The number of carbonyl (C=O) groups is 1. The van der Waals surface area contributed by atoms with Crippen LogP contribution in [0, 0.1) is 24.1 Å². The van der Waals surface area contributed by atoms with E-state index in [2.05, 4.69) is 16.2 Å². The lowest BCUT2D eigenvalue weighted by Gasteiger charge is -2.21. The van der Waals surface area contributed by atoms with E-state index in [1.807, 2.05) is 6.92 Å². The molecular weight excluding hydrogens is 481 g/mol. The lowest BCUT2D eigenvalue weighted by Crippen LogP contribution is -2.29. The highest BCUT2D eigenvalue weighted by Gasteiger charge is 2.29. The summed E-state index contributed by atoms with van der Waals surface area (Å²) in [4.78, 5) is 24.4. The van der Waals surface area contributed by atoms with Gasteiger partial charge in [-0.3, -0.25) is 0 Å². The Morgan fingerprint density at radius 2 is 2.14 bits per heavy atom. The Morgan fingerprint density at radius 3 is 2.86 bits per heavy atom. The van der Waals surface area contributed by atoms with Crippen molar-refractivity contribution in [3.8, 4) is 34.2 Å². The van der Waals surface area contributed by atoms with E-state index in [9.17, 15) is 14.4 Å². The van der Waals surface area contributed by atoms with Gasteiger partial charge in [0.1, 0.15) is 18.0 Å². The fourth-order valence-corrected chi connectivity index (χ4v) is 5.28. The van der Waals surface area contributed by atoms with Crippen LogP contribution in [0.25, 0.3) is 22.4 Å². The van der Waals surface area contributed by atoms with Crippen LogP contribution in [0.3, 0.4) is 0 Å². The number of nitriles is 1. The highest BCUT2D eigenvalue weighted by atomic mass is 32.1. The van der Waals surface area contributed by atoms with Gasteiger partial charge in [0, 0.05) is 53.8 Å². The van der Waals surface area contributed by atoms with Crippen molar-refractivity contribution < 1.29 is 13.9 Å². The second-order valence-corrected chi connectivity index (χ2v) is 9.94. The van der Waals surface area contributed by atoms with Gasteiger partial charge in [-0.2, -0.15) is 15.0 Å². The molecule has 0 saturated heterocycles. The summed E-state index contributed by atoms with van der Waals surface area (Å²) < 4.78 is 21.8. The van der Waals surface area contributed by atoms with Gasteiger partial charge in [-0.25, -0.2) is 19.2 Å². The molecule has 0 aliphatic carbocycles. The molecule has 9 nitrogen and oxygen atoms in total. The number of anilines is 1. The van der Waals surface area contributed by atoms with Gasteiger partial charge in [-0.15, -0.1) is 11.3 Å². The number of aromatic nitrogens is 4. The number of pyridine rings is 1. The molecule has 2 bridgehead atoms. The monoisotopic (exact) mass is 503 g/mol. The number of nitrogens with two attached hydrogens (primary N) is 1. The molecule has 4 heterocycles. The van der Waals surface area contributed by atoms with E-state index in [1.54, 1.807) is 33.2 Å². The van der Waals surface area contributed by atoms with Crippen molar-refractivity contribution in [2.24, 2.45) is 0 Å². The van der Waals surface area contributed by atoms with Crippen molar-refractivity contribution in [3.63, 3.8) is 0 Å². The molecule has 2 N–H and O–H groups in total. The summed E-state index contributed by atoms with van der Waals surface area (Å²) in [5.41, 5.74) is 9.66. The molecule has 0 unspecified atom stereocenters. The maximum absolute atomic E-state index is 14.4. The topological polar surface area (TPSA) is 123 Å². The molecule has 0 spiro atoms. The van der Waals surface area contributed by atoms with Crippen molar-refractivity contribution in [1.29, 1.82) is 5.26 Å². The SMILES string of the molecule is Cc1nc2c(s1)Cc1c(c(C#N)nn1C(=O)N(C)C)-c1cnc(N)c(c1)O[C@H](C)c1cc(F)ccc1-2. The Morgan fingerprint density at radius 1 is 1.36 bits per heavy atom. The van der Waals surface area contributed by atoms with Crippen LogP contribution in [0.15, 0.2) is 30.5 Å². The molecule has 1 amide bonds. The third-order valence-corrected chi connectivity index (χ3v) is 6.93. The van der Waals surface area contributed by atoms with Crippen LogP contribution in [-0.4, -0.2) is 44.8 Å². The number of fused-ring (bicyclic) bond motifs is 7. The van der Waals surface area contributed by atoms with Crippen LogP contribution in [0.2, 0.25) is 0 Å². The first-order chi connectivity index (χ1) is 17.2. The van der Waals surface area contributed by atoms with Crippen molar-refractivity contribution in [2.45, 2.75) is 26.4 Å². The van der Waals surface area contributed by atoms with E-state index in [4.69, 9.17) is 15.5 Å². The Labute approximate surface area is 210 Å². The Hall–Kier alpha value is -4.30. The molecule has 11 heteroatoms. The molecule has 0 fully saturated rings. The van der Waals surface area contributed by atoms with Gasteiger partial charge in [-0.1, -0.05) is 0 Å². The first kappa shape index (κ1) is 23.4. The standard InChI is InChI=1S/C25H22FN7O2S/c1-12-17-8-15(26)5-6-16(17)23-21(36-13(2)30-23)9-19-22(14-7-20(35-12)24(28)29-11-14)18(10-27)31-33(19)25(34)32(3)4/h5-8,11-12H,9H2,1-4H3,(H2,28,29)/t12-/m1/s1. The second kappa shape index (κ2) is 8.73. The molecule has 3 aromatic heterocycles. The number of hydrogen-bond donors (Lipinski definition) is 1. The van der Waals surface area contributed by atoms with E-state index < -0.39 is 18.0 Å². The summed E-state index contributed by atoms with van der Waals surface area (Å²) in [6.45, 7) is 3.69. The molecule has 1 aliphatic rings. The third-order valence-electron chi connectivity index (χ3n) is 5.96. The van der Waals surface area contributed by atoms with E-state index in [-0.39, 0.29) is 23.7 Å². The lowest BCUT2D eigenvalue weighted by molar-refractivity contribution is 0.215. The third kappa shape index (κ3) is 3.85. The van der Waals surface area contributed by atoms with Crippen LogP contribution in [-0.2, 0) is 6.42 Å². The number of halogens is 1. The van der Waals surface area contributed by atoms with Gasteiger partial charge in [-0.05, 0) is 38.1 Å². The van der Waals surface area contributed by atoms with E-state index in [1.165, 1.54) is 39.2 Å². The highest BCUT2D eigenvalue weighted by molar-refractivity contribution is 7.12. The molecule has 1 aromatic carbocycles. The average molecular weight is 504 g/mol. The number of hydrogen-bond acceptors (Lipinski definition) is 8. The first-order valence-electron chi connectivity index (χ1n) is 11.1. The number of carbonyl (C=O) groups excluding carboxylic acids is 1. The maximum Gasteiger partial charge on any atom is 0.344 e. The van der Waals surface area contributed by atoms with Crippen LogP contribution in [0.1, 0.15) is 39.9 Å². The number of thiazole rings is 1. The largest absolute Gasteiger partial charge is 0.482 e. The normalized spacial score (nSPS) is 14.3. The number of ether oxygens (including phenoxy) is 1. The quantitative estimate of drug-likeness (QED) is 0.374. The predicted molar refractivity (Wildman–Crippen MR) is 133 cm³/mol. The molecule has 0 saturated carbocycles. The van der Waals surface area contributed by atoms with Gasteiger partial charge in [0.15, 0.2) is 17.3 Å². The zero-order chi connectivity index (χ0) is 25.7. The van der Waals surface area contributed by atoms with Crippen LogP contribution in [0.5, 0.6) is 5.75 Å². The van der Waals surface area contributed by atoms with E-state index in [0.717, 1.165) is 9.88 Å². The zero-order valence-electron chi connectivity index (χ0n) is 20.0. The molecular formula is C25H22FN7O2S. The molecule has 4 aromatic rings. The summed E-state index contributed by atoms with van der Waals surface area (Å²) in [6, 6.07) is 7.86. The Bertz CT molecular complexity index is 1570. The average Bonchev–Trinajstić information content (AvgIpc) is 3.39. The summed E-state index contributed by atoms with van der Waals surface area (Å²) in [7, 11) is 3.23. The number of amides is 1. The van der Waals surface area contributed by atoms with Gasteiger partial charge >= 0.3 is 6.03 Å². The number of nitrogens with zero attached hydrogens (tertiary/aromatic N) is 6. The second-order valence-electron chi connectivity index (χ2n) is 8.65. The van der Waals surface area contributed by atoms with Crippen LogP contribution >= 0.6 is 11.3 Å². The summed E-state index contributed by atoms with van der Waals surface area (Å²) in [6.07, 6.45) is 1.20. The smallest absolute Gasteiger partial charge is 0.344 e. The molecule has 1 aliphatic heterocycles. The molecule has 5 rings (SSSR count). The number of nitrogen functional groups attached to an aromatic ring is 1. The lowest BCUT2D eigenvalue weighted by atomic mass is 9.96. The number of aryl methyl sites for hydroxylation is 1. The fraction of sp³-hybridized carbons (Fsp3) is 0.240. The minimum absolute atomic E-state index is 0.0769. The van der Waals surface area contributed by atoms with Crippen LogP contribution in [0.4, 0.5) is 15.0 Å². The highest BCUT2D eigenvalue weighted by Crippen LogP contribution is 2.41. The van der Waals surface area contributed by atoms with Gasteiger partial charge in [0.2, 0.25) is 0 Å². The molecule has 182 valence electrons. The van der Waals surface area contributed by atoms with E-state index in [0.29, 0.717) is 33.6 Å². The van der Waals surface area contributed by atoms with Crippen molar-refractivity contribution in [1.82, 2.24) is 24.6 Å². The number of rotatable bonds is 0. The van der Waals surface area contributed by atoms with E-state index >= 15 is 0 Å². The van der Waals surface area contributed by atoms with Crippen molar-refractivity contribution in [3.05, 3.63) is 63.1 Å². The zero-order valence-corrected chi connectivity index (χ0v) is 20.9. The Balaban J connectivity index is 1.87. The van der Waals surface area contributed by atoms with Crippen molar-refractivity contribution in [2.75, 3.05) is 19.8 Å². The van der Waals surface area contributed by atoms with Gasteiger partial charge in [0.05, 0.1) is 16.4 Å². The molecule has 36 heavy (non-hydrogen) atoms. The summed E-state index contributed by atoms with van der Waals surface area (Å²) >= 11 is 1.47. The minimum Gasteiger partial charge on any atom is -0.482 e. The molecule has 0 radical (unpaired) electrons. The van der Waals surface area contributed by atoms with Crippen LogP contribution < -0.4 is 10.5 Å². The summed E-state index contributed by atoms with van der Waals surface area (Å²) in [5, 5.41) is 15.1. The fourth-order valence-electron chi connectivity index (χ4n) is 4.32. The van der Waals surface area contributed by atoms with Gasteiger partial charge in [0.25, 0.3) is 0 Å². The predicted octanol–water partition coefficient (Wildman–Crippen LogP) is 4.54. The van der Waals surface area contributed by atoms with Gasteiger partial charge < -0.3 is 15.4 Å². The Kier molecular flexibility index (Phi) is 5.68.